The lowest BCUT2D eigenvalue weighted by Crippen LogP contribution is -2.15. The molecule has 114 valence electrons. The van der Waals surface area contributed by atoms with Crippen molar-refractivity contribution in [1.82, 2.24) is 0 Å². The first-order valence-corrected chi connectivity index (χ1v) is 8.50. The summed E-state index contributed by atoms with van der Waals surface area (Å²) in [5.74, 6) is 0.926. The van der Waals surface area contributed by atoms with Gasteiger partial charge in [0.2, 0.25) is 0 Å². The molecule has 0 saturated carbocycles. The maximum atomic E-state index is 5.78. The Kier molecular flexibility index (Phi) is 4.18. The molecule has 22 heavy (non-hydrogen) atoms. The third kappa shape index (κ3) is 3.31. The molecule has 1 heterocycles. The van der Waals surface area contributed by atoms with Gasteiger partial charge in [0.1, 0.15) is 0 Å². The molecule has 0 N–H and O–H groups in total. The quantitative estimate of drug-likeness (QED) is 0.767. The Labute approximate surface area is 134 Å². The van der Waals surface area contributed by atoms with Crippen molar-refractivity contribution in [2.24, 2.45) is 0 Å². The Bertz CT molecular complexity index is 654. The van der Waals surface area contributed by atoms with Gasteiger partial charge in [-0.3, -0.25) is 0 Å². The maximum absolute atomic E-state index is 5.78. The molecule has 0 bridgehead atoms. The molecule has 2 aromatic rings. The summed E-state index contributed by atoms with van der Waals surface area (Å²) in [6, 6.07) is 18.9. The standard InChI is InChI=1S/C19H21O2Si/c1-19(2,3)16-11-9-15(10-12-16)18-13-17(20-22-21-18)14-7-5-4-6-8-14/h4-13,17,22H,1-3H3/q-1. The van der Waals surface area contributed by atoms with Crippen LogP contribution in [0.15, 0.2) is 60.7 Å². The summed E-state index contributed by atoms with van der Waals surface area (Å²) in [4.78, 5) is 0. The van der Waals surface area contributed by atoms with Gasteiger partial charge in [-0.15, -0.1) is 0 Å². The molecule has 2 nitrogen and oxygen atoms in total. The van der Waals surface area contributed by atoms with Gasteiger partial charge in [-0.2, -0.15) is 0 Å². The smallest absolute Gasteiger partial charge is 0.0889 e. The van der Waals surface area contributed by atoms with Crippen LogP contribution in [-0.4, -0.2) is 10.0 Å². The lowest BCUT2D eigenvalue weighted by molar-refractivity contribution is 0.209. The lowest BCUT2D eigenvalue weighted by atomic mass is 9.86. The number of rotatable bonds is 2. The summed E-state index contributed by atoms with van der Waals surface area (Å²) >= 11 is 0. The third-order valence-electron chi connectivity index (χ3n) is 3.84. The Morgan fingerprint density at radius 2 is 1.59 bits per heavy atom. The van der Waals surface area contributed by atoms with Crippen LogP contribution in [0.25, 0.3) is 5.76 Å². The van der Waals surface area contributed by atoms with Gasteiger partial charge in [-0.05, 0) is 22.6 Å². The van der Waals surface area contributed by atoms with Crippen molar-refractivity contribution in [3.63, 3.8) is 0 Å². The fourth-order valence-electron chi connectivity index (χ4n) is 2.47. The summed E-state index contributed by atoms with van der Waals surface area (Å²) < 4.78 is 11.5. The summed E-state index contributed by atoms with van der Waals surface area (Å²) in [5.41, 5.74) is 3.78. The number of hydrogen-bond acceptors (Lipinski definition) is 2. The Balaban J connectivity index is 1.86. The van der Waals surface area contributed by atoms with E-state index in [2.05, 4.69) is 63.2 Å². The molecule has 3 rings (SSSR count). The van der Waals surface area contributed by atoms with E-state index in [0.717, 1.165) is 11.3 Å². The predicted octanol–water partition coefficient (Wildman–Crippen LogP) is 4.38. The topological polar surface area (TPSA) is 18.5 Å². The van der Waals surface area contributed by atoms with Crippen LogP contribution in [0.1, 0.15) is 43.6 Å². The van der Waals surface area contributed by atoms with E-state index in [-0.39, 0.29) is 11.5 Å². The maximum Gasteiger partial charge on any atom is 0.0889 e. The van der Waals surface area contributed by atoms with Crippen molar-refractivity contribution in [1.29, 1.82) is 0 Å². The van der Waals surface area contributed by atoms with E-state index < -0.39 is 10.0 Å². The highest BCUT2D eigenvalue weighted by Gasteiger charge is 2.15. The monoisotopic (exact) mass is 309 g/mol. The average molecular weight is 309 g/mol. The summed E-state index contributed by atoms with van der Waals surface area (Å²) in [6.07, 6.45) is 2.06. The van der Waals surface area contributed by atoms with Gasteiger partial charge < -0.3 is 8.85 Å². The van der Waals surface area contributed by atoms with Crippen LogP contribution >= 0.6 is 0 Å². The van der Waals surface area contributed by atoms with E-state index in [0.29, 0.717) is 0 Å². The van der Waals surface area contributed by atoms with Crippen molar-refractivity contribution < 1.29 is 8.85 Å². The highest BCUT2D eigenvalue weighted by molar-refractivity contribution is 6.21. The van der Waals surface area contributed by atoms with E-state index in [1.807, 2.05) is 18.2 Å². The molecule has 0 saturated heterocycles. The molecule has 3 heteroatoms. The van der Waals surface area contributed by atoms with Gasteiger partial charge in [-0.1, -0.05) is 75.4 Å². The van der Waals surface area contributed by atoms with Gasteiger partial charge in [0, 0.05) is 5.56 Å². The molecule has 0 radical (unpaired) electrons. The van der Waals surface area contributed by atoms with E-state index in [1.165, 1.54) is 11.1 Å². The molecule has 0 aliphatic carbocycles. The van der Waals surface area contributed by atoms with Crippen molar-refractivity contribution in [2.45, 2.75) is 32.3 Å². The molecule has 1 aliphatic rings. The molecule has 0 fully saturated rings. The van der Waals surface area contributed by atoms with Gasteiger partial charge in [0.05, 0.1) is 21.9 Å². The normalized spacial score (nSPS) is 18.5. The molecule has 0 aromatic heterocycles. The molecular formula is C19H21O2Si-. The van der Waals surface area contributed by atoms with Gasteiger partial charge in [0.15, 0.2) is 0 Å². The minimum absolute atomic E-state index is 0.0118. The van der Waals surface area contributed by atoms with Crippen LogP contribution < -0.4 is 0 Å². The molecular weight excluding hydrogens is 288 g/mol. The first-order chi connectivity index (χ1) is 10.5. The fourth-order valence-corrected chi connectivity index (χ4v) is 3.20. The lowest BCUT2D eigenvalue weighted by Gasteiger charge is -2.33. The highest BCUT2D eigenvalue weighted by atomic mass is 28.3. The first kappa shape index (κ1) is 15.1. The molecule has 0 spiro atoms. The number of benzene rings is 2. The van der Waals surface area contributed by atoms with Crippen LogP contribution in [0.5, 0.6) is 0 Å². The minimum atomic E-state index is -0.474. The minimum Gasteiger partial charge on any atom is -0.688 e. The Morgan fingerprint density at radius 3 is 2.23 bits per heavy atom. The zero-order chi connectivity index (χ0) is 15.6. The summed E-state index contributed by atoms with van der Waals surface area (Å²) in [6.45, 7) is 6.67. The predicted molar refractivity (Wildman–Crippen MR) is 91.6 cm³/mol. The zero-order valence-electron chi connectivity index (χ0n) is 13.2. The second kappa shape index (κ2) is 6.11. The van der Waals surface area contributed by atoms with Crippen LogP contribution in [0.2, 0.25) is 0 Å². The van der Waals surface area contributed by atoms with Crippen molar-refractivity contribution >= 4 is 15.8 Å². The van der Waals surface area contributed by atoms with Crippen molar-refractivity contribution in [3.8, 4) is 0 Å². The molecule has 1 unspecified atom stereocenters. The van der Waals surface area contributed by atoms with E-state index in [4.69, 9.17) is 8.85 Å². The van der Waals surface area contributed by atoms with Gasteiger partial charge in [-0.25, -0.2) is 0 Å². The summed E-state index contributed by atoms with van der Waals surface area (Å²) in [7, 11) is -0.474. The first-order valence-electron chi connectivity index (χ1n) is 7.55. The average Bonchev–Trinajstić information content (AvgIpc) is 2.55. The number of hydrogen-bond donors (Lipinski definition) is 0. The van der Waals surface area contributed by atoms with E-state index in [9.17, 15) is 0 Å². The van der Waals surface area contributed by atoms with Crippen molar-refractivity contribution in [3.05, 3.63) is 77.4 Å². The molecule has 1 aliphatic heterocycles. The van der Waals surface area contributed by atoms with Crippen LogP contribution in [0, 0.1) is 0 Å². The second-order valence-electron chi connectivity index (χ2n) is 6.54. The van der Waals surface area contributed by atoms with Crippen molar-refractivity contribution in [2.75, 3.05) is 0 Å². The molecule has 0 amide bonds. The third-order valence-corrected chi connectivity index (χ3v) is 4.60. The summed E-state index contributed by atoms with van der Waals surface area (Å²) in [5, 5.41) is 0. The van der Waals surface area contributed by atoms with E-state index in [1.54, 1.807) is 0 Å². The second-order valence-corrected chi connectivity index (χ2v) is 7.24. The zero-order valence-corrected chi connectivity index (χ0v) is 14.4. The Hall–Kier alpha value is -1.84. The molecule has 2 aromatic carbocycles. The van der Waals surface area contributed by atoms with Crippen LogP contribution in [0.4, 0.5) is 0 Å². The van der Waals surface area contributed by atoms with E-state index >= 15 is 0 Å². The van der Waals surface area contributed by atoms with Gasteiger partial charge in [0.25, 0.3) is 0 Å². The Morgan fingerprint density at radius 1 is 0.909 bits per heavy atom. The SMILES string of the molecule is CC(C)(C)c1ccc(C2=CC(c3ccccc3)O[SiH-]O2)cc1. The van der Waals surface area contributed by atoms with Crippen LogP contribution in [-0.2, 0) is 14.3 Å². The van der Waals surface area contributed by atoms with Crippen LogP contribution in [0.3, 0.4) is 0 Å². The fraction of sp³-hybridized carbons (Fsp3) is 0.263. The van der Waals surface area contributed by atoms with Gasteiger partial charge >= 0.3 is 0 Å². The highest BCUT2D eigenvalue weighted by Crippen LogP contribution is 2.30. The largest absolute Gasteiger partial charge is 0.688 e. The molecule has 1 atom stereocenters.